The van der Waals surface area contributed by atoms with Crippen molar-refractivity contribution in [2.24, 2.45) is 17.8 Å². The third kappa shape index (κ3) is 6.05. The number of ether oxygens (including phenoxy) is 2. The topological polar surface area (TPSA) is 64.6 Å². The van der Waals surface area contributed by atoms with Gasteiger partial charge in [-0.3, -0.25) is 4.79 Å². The fraction of sp³-hybridized carbons (Fsp3) is 0.560. The Labute approximate surface area is 193 Å². The lowest BCUT2D eigenvalue weighted by Gasteiger charge is -2.32. The van der Waals surface area contributed by atoms with Crippen LogP contribution in [0.4, 0.5) is 14.7 Å². The molecule has 0 amide bonds. The highest BCUT2D eigenvalue weighted by Crippen LogP contribution is 2.49. The molecule has 33 heavy (non-hydrogen) atoms. The van der Waals surface area contributed by atoms with E-state index in [9.17, 15) is 13.6 Å². The van der Waals surface area contributed by atoms with E-state index in [1.54, 1.807) is 7.11 Å². The molecule has 178 valence electrons. The smallest absolute Gasteiger partial charge is 0.225 e. The summed E-state index contributed by atoms with van der Waals surface area (Å²) in [5, 5.41) is 0. The molecular weight excluding hydrogens is 428 g/mol. The Morgan fingerprint density at radius 3 is 2.42 bits per heavy atom. The van der Waals surface area contributed by atoms with Crippen molar-refractivity contribution in [2.75, 3.05) is 31.7 Å². The van der Waals surface area contributed by atoms with Gasteiger partial charge in [0.05, 0.1) is 13.2 Å². The lowest BCUT2D eigenvalue weighted by atomic mass is 9.90. The fourth-order valence-electron chi connectivity index (χ4n) is 4.87. The number of carbonyl (C=O) groups excluding carboxylic acids is 1. The fourth-order valence-corrected chi connectivity index (χ4v) is 4.87. The summed E-state index contributed by atoms with van der Waals surface area (Å²) in [6.45, 7) is 4.18. The molecule has 0 N–H and O–H groups in total. The third-order valence-electron chi connectivity index (χ3n) is 6.71. The van der Waals surface area contributed by atoms with Gasteiger partial charge < -0.3 is 14.4 Å². The van der Waals surface area contributed by atoms with Crippen LogP contribution in [0, 0.1) is 29.4 Å². The van der Waals surface area contributed by atoms with Crippen LogP contribution in [0.5, 0.6) is 5.75 Å². The molecule has 0 bridgehead atoms. The van der Waals surface area contributed by atoms with E-state index in [1.807, 2.05) is 12.4 Å². The van der Waals surface area contributed by atoms with Crippen molar-refractivity contribution >= 4 is 11.7 Å². The minimum absolute atomic E-state index is 0.180. The number of hydrogen-bond acceptors (Lipinski definition) is 6. The number of hydrogen-bond donors (Lipinski definition) is 0. The van der Waals surface area contributed by atoms with Gasteiger partial charge in [-0.25, -0.2) is 18.7 Å². The Kier molecular flexibility index (Phi) is 7.53. The second kappa shape index (κ2) is 10.5. The van der Waals surface area contributed by atoms with Gasteiger partial charge in [0.25, 0.3) is 0 Å². The largest absolute Gasteiger partial charge is 0.493 e. The lowest BCUT2D eigenvalue weighted by molar-refractivity contribution is -0.116. The van der Waals surface area contributed by atoms with Gasteiger partial charge in [0.15, 0.2) is 0 Å². The van der Waals surface area contributed by atoms with E-state index in [-0.39, 0.29) is 23.5 Å². The third-order valence-corrected chi connectivity index (χ3v) is 6.71. The zero-order valence-electron chi connectivity index (χ0n) is 19.2. The van der Waals surface area contributed by atoms with Gasteiger partial charge in [-0.2, -0.15) is 0 Å². The average Bonchev–Trinajstić information content (AvgIpc) is 3.57. The van der Waals surface area contributed by atoms with Crippen molar-refractivity contribution in [3.63, 3.8) is 0 Å². The molecule has 2 atom stereocenters. The Morgan fingerprint density at radius 2 is 1.82 bits per heavy atom. The summed E-state index contributed by atoms with van der Waals surface area (Å²) in [6.07, 6.45) is 7.72. The summed E-state index contributed by atoms with van der Waals surface area (Å²) in [5.41, 5.74) is 0.774. The summed E-state index contributed by atoms with van der Waals surface area (Å²) >= 11 is 0. The number of methoxy groups -OCH3 is 1. The van der Waals surface area contributed by atoms with Crippen LogP contribution >= 0.6 is 0 Å². The van der Waals surface area contributed by atoms with Gasteiger partial charge in [-0.05, 0) is 50.4 Å². The first-order chi connectivity index (χ1) is 15.9. The van der Waals surface area contributed by atoms with Crippen LogP contribution in [0.15, 0.2) is 24.5 Å². The lowest BCUT2D eigenvalue weighted by Crippen LogP contribution is -2.35. The van der Waals surface area contributed by atoms with Crippen molar-refractivity contribution in [3.8, 4) is 5.75 Å². The molecular formula is C25H31F2N3O3. The van der Waals surface area contributed by atoms with Crippen LogP contribution in [0.1, 0.15) is 43.7 Å². The predicted molar refractivity (Wildman–Crippen MR) is 120 cm³/mol. The molecule has 2 aromatic rings. The van der Waals surface area contributed by atoms with Crippen molar-refractivity contribution < 1.29 is 23.0 Å². The van der Waals surface area contributed by atoms with Gasteiger partial charge in [0.1, 0.15) is 23.2 Å². The van der Waals surface area contributed by atoms with E-state index in [0.717, 1.165) is 43.9 Å². The van der Waals surface area contributed by atoms with Crippen LogP contribution in [0.2, 0.25) is 0 Å². The van der Waals surface area contributed by atoms with Crippen LogP contribution < -0.4 is 9.64 Å². The Balaban J connectivity index is 1.19. The maximum absolute atomic E-state index is 14.1. The van der Waals surface area contributed by atoms with Crippen LogP contribution in [-0.2, 0) is 22.6 Å². The van der Waals surface area contributed by atoms with E-state index in [0.29, 0.717) is 31.0 Å². The molecule has 1 saturated heterocycles. The van der Waals surface area contributed by atoms with Crippen LogP contribution in [-0.4, -0.2) is 42.6 Å². The zero-order chi connectivity index (χ0) is 23.4. The van der Waals surface area contributed by atoms with E-state index < -0.39 is 11.6 Å². The second-order valence-corrected chi connectivity index (χ2v) is 9.19. The van der Waals surface area contributed by atoms with E-state index in [2.05, 4.69) is 14.9 Å². The summed E-state index contributed by atoms with van der Waals surface area (Å²) in [7, 11) is 1.66. The molecule has 1 aromatic carbocycles. The van der Waals surface area contributed by atoms with Crippen molar-refractivity contribution in [2.45, 2.75) is 45.6 Å². The number of aromatic nitrogens is 2. The second-order valence-electron chi connectivity index (χ2n) is 9.19. The Morgan fingerprint density at radius 1 is 1.15 bits per heavy atom. The highest BCUT2D eigenvalue weighted by molar-refractivity contribution is 5.78. The van der Waals surface area contributed by atoms with Crippen LogP contribution in [0.25, 0.3) is 0 Å². The van der Waals surface area contributed by atoms with Gasteiger partial charge in [-0.1, -0.05) is 0 Å². The molecule has 0 spiro atoms. The molecule has 1 aliphatic heterocycles. The first-order valence-corrected chi connectivity index (χ1v) is 11.6. The number of Topliss-reactive ketones (excluding diaryl/α,β-unsaturated/α-hetero) is 1. The number of ketones is 1. The first kappa shape index (κ1) is 23.5. The number of rotatable bonds is 10. The summed E-state index contributed by atoms with van der Waals surface area (Å²) < 4.78 is 38.9. The van der Waals surface area contributed by atoms with Gasteiger partial charge in [-0.15, -0.1) is 0 Å². The number of piperidine rings is 1. The first-order valence-electron chi connectivity index (χ1n) is 11.6. The maximum Gasteiger partial charge on any atom is 0.225 e. The minimum Gasteiger partial charge on any atom is -0.493 e. The van der Waals surface area contributed by atoms with Crippen molar-refractivity contribution in [1.82, 2.24) is 9.97 Å². The summed E-state index contributed by atoms with van der Waals surface area (Å²) in [4.78, 5) is 22.3. The standard InChI is InChI=1S/C25H31F2N3O3/c1-16(31)9-22-23(26)11-20(12-24(22)27)33-8-5-19-10-21(19)18-3-6-30(7-4-18)25-28-13-17(14-29-25)15-32-2/h11-14,18-19,21H,3-10,15H2,1-2H3/t19-,21?/m1/s1. The Bertz CT molecular complexity index is 939. The quantitative estimate of drug-likeness (QED) is 0.526. The molecule has 1 saturated carbocycles. The number of nitrogens with zero attached hydrogens (tertiary/aromatic N) is 3. The highest BCUT2D eigenvalue weighted by atomic mass is 19.1. The normalized spacial score (nSPS) is 20.7. The van der Waals surface area contributed by atoms with E-state index >= 15 is 0 Å². The van der Waals surface area contributed by atoms with E-state index in [1.165, 1.54) is 25.5 Å². The average molecular weight is 460 g/mol. The summed E-state index contributed by atoms with van der Waals surface area (Å²) in [5.74, 6) is 1.23. The summed E-state index contributed by atoms with van der Waals surface area (Å²) in [6, 6.07) is 2.34. The van der Waals surface area contributed by atoms with Gasteiger partial charge in [0, 0.05) is 62.3 Å². The molecule has 0 radical (unpaired) electrons. The van der Waals surface area contributed by atoms with E-state index in [4.69, 9.17) is 9.47 Å². The van der Waals surface area contributed by atoms with Crippen molar-refractivity contribution in [3.05, 3.63) is 47.3 Å². The number of carbonyl (C=O) groups is 1. The number of benzene rings is 1. The predicted octanol–water partition coefficient (Wildman–Crippen LogP) is 4.35. The molecule has 6 nitrogen and oxygen atoms in total. The van der Waals surface area contributed by atoms with Gasteiger partial charge >= 0.3 is 0 Å². The molecule has 1 aromatic heterocycles. The molecule has 1 aliphatic carbocycles. The molecule has 4 rings (SSSR count). The number of anilines is 1. The highest BCUT2D eigenvalue weighted by Gasteiger charge is 2.43. The van der Waals surface area contributed by atoms with Crippen LogP contribution in [0.3, 0.4) is 0 Å². The maximum atomic E-state index is 14.1. The molecule has 2 aliphatic rings. The van der Waals surface area contributed by atoms with Crippen molar-refractivity contribution in [1.29, 1.82) is 0 Å². The Hall–Kier alpha value is -2.61. The number of halogens is 2. The monoisotopic (exact) mass is 459 g/mol. The molecule has 2 fully saturated rings. The molecule has 2 heterocycles. The zero-order valence-corrected chi connectivity index (χ0v) is 19.2. The minimum atomic E-state index is -0.728. The van der Waals surface area contributed by atoms with Gasteiger partial charge in [0.2, 0.25) is 5.95 Å². The SMILES string of the molecule is COCc1cnc(N2CCC(C3C[C@H]3CCOc3cc(F)c(CC(C)=O)c(F)c3)CC2)nc1. The molecule has 8 heteroatoms. The molecule has 1 unspecified atom stereocenters.